The van der Waals surface area contributed by atoms with Crippen LogP contribution < -0.4 is 14.4 Å². The van der Waals surface area contributed by atoms with Crippen molar-refractivity contribution >= 4 is 31.6 Å². The van der Waals surface area contributed by atoms with Crippen LogP contribution in [0, 0.1) is 6.92 Å². The lowest BCUT2D eigenvalue weighted by atomic mass is 10.2. The molecule has 1 N–H and O–H groups in total. The summed E-state index contributed by atoms with van der Waals surface area (Å²) in [5, 5.41) is 2.69. The van der Waals surface area contributed by atoms with Crippen LogP contribution in [-0.4, -0.2) is 59.8 Å². The highest BCUT2D eigenvalue weighted by molar-refractivity contribution is 7.92. The van der Waals surface area contributed by atoms with Gasteiger partial charge in [0.05, 0.1) is 22.0 Å². The van der Waals surface area contributed by atoms with Crippen molar-refractivity contribution < 1.29 is 26.4 Å². The van der Waals surface area contributed by atoms with Gasteiger partial charge in [0.25, 0.3) is 10.0 Å². The van der Waals surface area contributed by atoms with Crippen molar-refractivity contribution in [3.8, 4) is 5.75 Å². The molecule has 0 aromatic heterocycles. The van der Waals surface area contributed by atoms with Gasteiger partial charge in [-0.3, -0.25) is 9.10 Å². The first-order chi connectivity index (χ1) is 18.2. The second-order valence-electron chi connectivity index (χ2n) is 8.94. The van der Waals surface area contributed by atoms with Crippen LogP contribution in [0.3, 0.4) is 0 Å². The average Bonchev–Trinajstić information content (AvgIpc) is 3.47. The minimum atomic E-state index is -3.97. The Kier molecular flexibility index (Phi) is 8.70. The van der Waals surface area contributed by atoms with Gasteiger partial charge in [-0.2, -0.15) is 4.31 Å². The molecular formula is C27H31N3O6S2. The van der Waals surface area contributed by atoms with E-state index in [1.54, 1.807) is 48.5 Å². The van der Waals surface area contributed by atoms with E-state index in [0.717, 1.165) is 22.7 Å². The van der Waals surface area contributed by atoms with E-state index in [4.69, 9.17) is 4.74 Å². The molecule has 0 bridgehead atoms. The molecule has 4 rings (SSSR count). The fourth-order valence-electron chi connectivity index (χ4n) is 4.15. The zero-order chi connectivity index (χ0) is 27.2. The number of rotatable bonds is 11. The largest absolute Gasteiger partial charge is 0.492 e. The number of anilines is 1. The third kappa shape index (κ3) is 6.53. The number of aryl methyl sites for hydroxylation is 1. The Bertz CT molecular complexity index is 1450. The molecule has 3 aromatic rings. The predicted octanol–water partition coefficient (Wildman–Crippen LogP) is 3.17. The number of nitrogens with one attached hydrogen (secondary N) is 1. The predicted molar refractivity (Wildman–Crippen MR) is 145 cm³/mol. The van der Waals surface area contributed by atoms with Crippen LogP contribution in [-0.2, 0) is 24.8 Å². The topological polar surface area (TPSA) is 113 Å². The molecule has 0 atom stereocenters. The van der Waals surface area contributed by atoms with Crippen molar-refractivity contribution in [1.29, 1.82) is 0 Å². The van der Waals surface area contributed by atoms with Crippen molar-refractivity contribution in [3.63, 3.8) is 0 Å². The van der Waals surface area contributed by atoms with Crippen LogP contribution in [0.1, 0.15) is 18.4 Å². The van der Waals surface area contributed by atoms with Crippen molar-refractivity contribution in [2.75, 3.05) is 37.1 Å². The van der Waals surface area contributed by atoms with Crippen LogP contribution in [0.5, 0.6) is 5.75 Å². The van der Waals surface area contributed by atoms with Crippen LogP contribution in [0.15, 0.2) is 88.7 Å². The Morgan fingerprint density at radius 2 is 1.58 bits per heavy atom. The van der Waals surface area contributed by atoms with E-state index in [1.165, 1.54) is 28.6 Å². The highest BCUT2D eigenvalue weighted by Crippen LogP contribution is 2.25. The molecule has 9 nitrogen and oxygen atoms in total. The van der Waals surface area contributed by atoms with E-state index in [1.807, 2.05) is 13.0 Å². The average molecular weight is 558 g/mol. The number of amides is 1. The maximum Gasteiger partial charge on any atom is 0.264 e. The van der Waals surface area contributed by atoms with Gasteiger partial charge in [-0.15, -0.1) is 0 Å². The van der Waals surface area contributed by atoms with Crippen molar-refractivity contribution in [2.45, 2.75) is 29.6 Å². The van der Waals surface area contributed by atoms with Gasteiger partial charge in [0.1, 0.15) is 18.9 Å². The fraction of sp³-hybridized carbons (Fsp3) is 0.296. The molecule has 1 aliphatic heterocycles. The van der Waals surface area contributed by atoms with Crippen LogP contribution in [0.25, 0.3) is 0 Å². The lowest BCUT2D eigenvalue weighted by Gasteiger charge is -2.24. The van der Waals surface area contributed by atoms with E-state index in [0.29, 0.717) is 24.5 Å². The summed E-state index contributed by atoms with van der Waals surface area (Å²) < 4.78 is 60.2. The summed E-state index contributed by atoms with van der Waals surface area (Å²) in [7, 11) is -7.47. The number of benzene rings is 3. The summed E-state index contributed by atoms with van der Waals surface area (Å²) in [6, 6.07) is 21.1. The first-order valence-corrected chi connectivity index (χ1v) is 15.2. The highest BCUT2D eigenvalue weighted by Gasteiger charge is 2.28. The highest BCUT2D eigenvalue weighted by atomic mass is 32.2. The van der Waals surface area contributed by atoms with Gasteiger partial charge >= 0.3 is 0 Å². The number of ether oxygens (including phenoxy) is 1. The number of hydrogen-bond donors (Lipinski definition) is 1. The molecule has 3 aromatic carbocycles. The van der Waals surface area contributed by atoms with Crippen LogP contribution in [0.2, 0.25) is 0 Å². The van der Waals surface area contributed by atoms with E-state index >= 15 is 0 Å². The minimum absolute atomic E-state index is 0.0906. The molecule has 38 heavy (non-hydrogen) atoms. The van der Waals surface area contributed by atoms with Crippen LogP contribution in [0.4, 0.5) is 5.69 Å². The SMILES string of the molecule is Cc1cccc(N(CC(=O)NCCOc2ccc(S(=O)(=O)N3CCCC3)cc2)S(=O)(=O)c2ccccc2)c1. The summed E-state index contributed by atoms with van der Waals surface area (Å²) in [5.74, 6) is -0.0191. The maximum absolute atomic E-state index is 13.4. The molecule has 1 saturated heterocycles. The Hall–Kier alpha value is -3.41. The fourth-order valence-corrected chi connectivity index (χ4v) is 7.10. The molecule has 1 amide bonds. The number of sulfonamides is 2. The number of hydrogen-bond acceptors (Lipinski definition) is 6. The monoisotopic (exact) mass is 557 g/mol. The molecule has 0 unspecified atom stereocenters. The molecule has 0 radical (unpaired) electrons. The smallest absolute Gasteiger partial charge is 0.264 e. The van der Waals surface area contributed by atoms with Gasteiger partial charge in [-0.1, -0.05) is 30.3 Å². The van der Waals surface area contributed by atoms with Gasteiger partial charge in [-0.05, 0) is 73.9 Å². The van der Waals surface area contributed by atoms with Gasteiger partial charge < -0.3 is 10.1 Å². The minimum Gasteiger partial charge on any atom is -0.492 e. The molecule has 0 saturated carbocycles. The lowest BCUT2D eigenvalue weighted by molar-refractivity contribution is -0.119. The van der Waals surface area contributed by atoms with Gasteiger partial charge in [0.2, 0.25) is 15.9 Å². The zero-order valence-corrected chi connectivity index (χ0v) is 22.7. The molecule has 202 valence electrons. The summed E-state index contributed by atoms with van der Waals surface area (Å²) in [4.78, 5) is 13.0. The number of carbonyl (C=O) groups is 1. The number of nitrogens with zero attached hydrogens (tertiary/aromatic N) is 2. The second kappa shape index (κ2) is 12.0. The maximum atomic E-state index is 13.4. The molecular weight excluding hydrogens is 526 g/mol. The third-order valence-corrected chi connectivity index (χ3v) is 9.83. The Labute approximate surface area is 224 Å². The van der Waals surface area contributed by atoms with Crippen molar-refractivity contribution in [2.24, 2.45) is 0 Å². The number of carbonyl (C=O) groups excluding carboxylic acids is 1. The first-order valence-electron chi connectivity index (χ1n) is 12.3. The molecule has 1 aliphatic rings. The third-order valence-electron chi connectivity index (χ3n) is 6.13. The van der Waals surface area contributed by atoms with Crippen molar-refractivity contribution in [3.05, 3.63) is 84.4 Å². The Morgan fingerprint density at radius 3 is 2.24 bits per heavy atom. The Balaban J connectivity index is 1.35. The van der Waals surface area contributed by atoms with Crippen LogP contribution >= 0.6 is 0 Å². The van der Waals surface area contributed by atoms with Gasteiger partial charge in [0, 0.05) is 13.1 Å². The van der Waals surface area contributed by atoms with Gasteiger partial charge in [0.15, 0.2) is 0 Å². The Morgan fingerprint density at radius 1 is 0.895 bits per heavy atom. The summed E-state index contributed by atoms with van der Waals surface area (Å²) in [6.45, 7) is 2.79. The van der Waals surface area contributed by atoms with E-state index in [-0.39, 0.29) is 22.9 Å². The zero-order valence-electron chi connectivity index (χ0n) is 21.1. The molecule has 0 spiro atoms. The quantitative estimate of drug-likeness (QED) is 0.363. The molecule has 0 aliphatic carbocycles. The van der Waals surface area contributed by atoms with Gasteiger partial charge in [-0.25, -0.2) is 16.8 Å². The first kappa shape index (κ1) is 27.6. The molecule has 1 fully saturated rings. The van der Waals surface area contributed by atoms with E-state index < -0.39 is 32.5 Å². The molecule has 1 heterocycles. The summed E-state index contributed by atoms with van der Waals surface area (Å²) in [6.07, 6.45) is 1.74. The van der Waals surface area contributed by atoms with Crippen molar-refractivity contribution in [1.82, 2.24) is 9.62 Å². The normalized spacial score (nSPS) is 14.2. The van der Waals surface area contributed by atoms with E-state index in [2.05, 4.69) is 5.32 Å². The molecule has 11 heteroatoms. The summed E-state index contributed by atoms with van der Waals surface area (Å²) >= 11 is 0. The second-order valence-corrected chi connectivity index (χ2v) is 12.7. The van der Waals surface area contributed by atoms with E-state index in [9.17, 15) is 21.6 Å². The summed E-state index contributed by atoms with van der Waals surface area (Å²) in [5.41, 5.74) is 1.26. The standard InChI is InChI=1S/C27H31N3O6S2/c1-22-8-7-9-23(20-22)30(38(34,35)25-10-3-2-4-11-25)21-27(31)28-16-19-36-24-12-14-26(15-13-24)37(32,33)29-17-5-6-18-29/h2-4,7-15,20H,5-6,16-19,21H2,1H3,(H,28,31). The lowest BCUT2D eigenvalue weighted by Crippen LogP contribution is -2.42.